The molecule has 1 aromatic rings. The van der Waals surface area contributed by atoms with E-state index in [9.17, 15) is 4.79 Å². The normalized spacial score (nSPS) is 16.9. The lowest BCUT2D eigenvalue weighted by molar-refractivity contribution is -0.129. The summed E-state index contributed by atoms with van der Waals surface area (Å²) < 4.78 is 0. The molecule has 0 radical (unpaired) electrons. The van der Waals surface area contributed by atoms with Gasteiger partial charge in [-0.25, -0.2) is 0 Å². The number of carbonyl (C=O) groups is 1. The fraction of sp³-hybridized carbons (Fsp3) is 0.462. The summed E-state index contributed by atoms with van der Waals surface area (Å²) in [4.78, 5) is 14.1. The highest BCUT2D eigenvalue weighted by Gasteiger charge is 2.20. The lowest BCUT2D eigenvalue weighted by atomic mass is 10.0. The number of benzene rings is 1. The summed E-state index contributed by atoms with van der Waals surface area (Å²) in [6, 6.07) is 8.45. The van der Waals surface area contributed by atoms with Crippen molar-refractivity contribution in [3.8, 4) is 0 Å². The number of amides is 1. The summed E-state index contributed by atoms with van der Waals surface area (Å²) in [5.41, 5.74) is 1.08. The number of carbonyl (C=O) groups excluding carboxylic acids is 1. The Bertz CT molecular complexity index is 400. The van der Waals surface area contributed by atoms with Crippen molar-refractivity contribution < 1.29 is 4.79 Å². The van der Waals surface area contributed by atoms with Gasteiger partial charge in [-0.1, -0.05) is 12.1 Å². The molecule has 1 amide bonds. The average Bonchev–Trinajstić information content (AvgIpc) is 2.33. The van der Waals surface area contributed by atoms with Gasteiger partial charge in [0.25, 0.3) is 0 Å². The molecule has 17 heavy (non-hydrogen) atoms. The topological polar surface area (TPSA) is 32.3 Å². The van der Waals surface area contributed by atoms with Crippen molar-refractivity contribution in [3.05, 3.63) is 24.3 Å². The molecule has 0 saturated carbocycles. The zero-order chi connectivity index (χ0) is 12.3. The monoisotopic (exact) mass is 250 g/mol. The number of anilines is 1. The first-order valence-electron chi connectivity index (χ1n) is 5.97. The number of nitrogens with one attached hydrogen (secondary N) is 1. The first-order chi connectivity index (χ1) is 8.16. The average molecular weight is 250 g/mol. The second kappa shape index (κ2) is 5.45. The molecule has 1 aliphatic heterocycles. The molecule has 1 aliphatic rings. The molecule has 4 heteroatoms. The number of para-hydroxylation sites is 1. The van der Waals surface area contributed by atoms with E-state index in [0.717, 1.165) is 36.5 Å². The third-order valence-electron chi connectivity index (χ3n) is 3.20. The minimum atomic E-state index is 0.179. The molecule has 0 aromatic heterocycles. The van der Waals surface area contributed by atoms with Gasteiger partial charge < -0.3 is 10.2 Å². The van der Waals surface area contributed by atoms with E-state index in [1.165, 1.54) is 0 Å². The van der Waals surface area contributed by atoms with Crippen molar-refractivity contribution in [3.63, 3.8) is 0 Å². The zero-order valence-corrected chi connectivity index (χ0v) is 10.9. The predicted octanol–water partition coefficient (Wildman–Crippen LogP) is 2.40. The number of thiol groups is 1. The van der Waals surface area contributed by atoms with Crippen molar-refractivity contribution in [1.29, 1.82) is 0 Å². The summed E-state index contributed by atoms with van der Waals surface area (Å²) in [6.07, 6.45) is 2.00. The lowest BCUT2D eigenvalue weighted by Gasteiger charge is -2.32. The molecule has 1 N–H and O–H groups in total. The lowest BCUT2D eigenvalue weighted by Crippen LogP contribution is -2.41. The van der Waals surface area contributed by atoms with E-state index in [4.69, 9.17) is 0 Å². The zero-order valence-electron chi connectivity index (χ0n) is 10.0. The van der Waals surface area contributed by atoms with Gasteiger partial charge in [0.1, 0.15) is 0 Å². The standard InChI is InChI=1S/C13H18N2OS/c1-10(16)15-8-6-11(7-9-15)14-12-4-2-3-5-13(12)17/h2-5,11,14,17H,6-9H2,1H3. The molecule has 3 nitrogen and oxygen atoms in total. The molecule has 0 unspecified atom stereocenters. The highest BCUT2D eigenvalue weighted by Crippen LogP contribution is 2.22. The van der Waals surface area contributed by atoms with Gasteiger partial charge in [-0.15, -0.1) is 12.6 Å². The van der Waals surface area contributed by atoms with Crippen LogP contribution in [0.2, 0.25) is 0 Å². The van der Waals surface area contributed by atoms with Crippen molar-refractivity contribution >= 4 is 24.2 Å². The van der Waals surface area contributed by atoms with Gasteiger partial charge in [0.2, 0.25) is 5.91 Å². The molecule has 1 saturated heterocycles. The number of piperidine rings is 1. The van der Waals surface area contributed by atoms with Crippen molar-refractivity contribution in [1.82, 2.24) is 4.90 Å². The van der Waals surface area contributed by atoms with E-state index >= 15 is 0 Å². The van der Waals surface area contributed by atoms with Crippen LogP contribution >= 0.6 is 12.6 Å². The Morgan fingerprint density at radius 1 is 1.35 bits per heavy atom. The number of likely N-dealkylation sites (tertiary alicyclic amines) is 1. The van der Waals surface area contributed by atoms with Gasteiger partial charge in [-0.3, -0.25) is 4.79 Å². The molecule has 1 heterocycles. The Kier molecular flexibility index (Phi) is 3.94. The van der Waals surface area contributed by atoms with Gasteiger partial charge in [-0.05, 0) is 25.0 Å². The van der Waals surface area contributed by atoms with Gasteiger partial charge >= 0.3 is 0 Å². The van der Waals surface area contributed by atoms with Crippen LogP contribution in [0, 0.1) is 0 Å². The molecular formula is C13H18N2OS. The third-order valence-corrected chi connectivity index (χ3v) is 3.59. The minimum absolute atomic E-state index is 0.179. The first kappa shape index (κ1) is 12.3. The summed E-state index contributed by atoms with van der Waals surface area (Å²) >= 11 is 4.42. The maximum absolute atomic E-state index is 11.2. The van der Waals surface area contributed by atoms with Crippen LogP contribution in [0.15, 0.2) is 29.2 Å². The highest BCUT2D eigenvalue weighted by atomic mass is 32.1. The largest absolute Gasteiger partial charge is 0.381 e. The Morgan fingerprint density at radius 3 is 2.59 bits per heavy atom. The smallest absolute Gasteiger partial charge is 0.219 e. The quantitative estimate of drug-likeness (QED) is 0.790. The van der Waals surface area contributed by atoms with Crippen LogP contribution in [-0.2, 0) is 4.79 Å². The van der Waals surface area contributed by atoms with Crippen LogP contribution in [0.4, 0.5) is 5.69 Å². The SMILES string of the molecule is CC(=O)N1CCC(Nc2ccccc2S)CC1. The van der Waals surface area contributed by atoms with Gasteiger partial charge in [0, 0.05) is 36.6 Å². The molecule has 1 fully saturated rings. The second-order valence-corrected chi connectivity index (χ2v) is 4.92. The maximum atomic E-state index is 11.2. The van der Waals surface area contributed by atoms with Gasteiger partial charge in [0.15, 0.2) is 0 Å². The van der Waals surface area contributed by atoms with Crippen LogP contribution in [-0.4, -0.2) is 29.9 Å². The van der Waals surface area contributed by atoms with Crippen LogP contribution in [0.3, 0.4) is 0 Å². The Labute approximate surface area is 108 Å². The molecule has 92 valence electrons. The number of hydrogen-bond acceptors (Lipinski definition) is 3. The van der Waals surface area contributed by atoms with E-state index < -0.39 is 0 Å². The summed E-state index contributed by atoms with van der Waals surface area (Å²) in [6.45, 7) is 3.33. The molecule has 0 aliphatic carbocycles. The minimum Gasteiger partial charge on any atom is -0.381 e. The number of nitrogens with zero attached hydrogens (tertiary/aromatic N) is 1. The van der Waals surface area contributed by atoms with Crippen LogP contribution < -0.4 is 5.32 Å². The summed E-state index contributed by atoms with van der Waals surface area (Å²) in [5, 5.41) is 3.49. The third kappa shape index (κ3) is 3.16. The van der Waals surface area contributed by atoms with Crippen LogP contribution in [0.25, 0.3) is 0 Å². The fourth-order valence-electron chi connectivity index (χ4n) is 2.15. The van der Waals surface area contributed by atoms with Crippen molar-refractivity contribution in [2.75, 3.05) is 18.4 Å². The van der Waals surface area contributed by atoms with E-state index in [-0.39, 0.29) is 5.91 Å². The predicted molar refractivity (Wildman–Crippen MR) is 72.6 cm³/mol. The summed E-state index contributed by atoms with van der Waals surface area (Å²) in [7, 11) is 0. The van der Waals surface area contributed by atoms with Crippen molar-refractivity contribution in [2.45, 2.75) is 30.7 Å². The van der Waals surface area contributed by atoms with E-state index in [1.54, 1.807) is 6.92 Å². The Morgan fingerprint density at radius 2 is 2.00 bits per heavy atom. The maximum Gasteiger partial charge on any atom is 0.219 e. The van der Waals surface area contributed by atoms with E-state index in [0.29, 0.717) is 6.04 Å². The highest BCUT2D eigenvalue weighted by molar-refractivity contribution is 7.80. The van der Waals surface area contributed by atoms with Crippen LogP contribution in [0.5, 0.6) is 0 Å². The first-order valence-corrected chi connectivity index (χ1v) is 6.41. The van der Waals surface area contributed by atoms with E-state index in [2.05, 4.69) is 17.9 Å². The molecule has 0 atom stereocenters. The second-order valence-electron chi connectivity index (χ2n) is 4.44. The molecule has 2 rings (SSSR count). The molecule has 0 spiro atoms. The molecule has 0 bridgehead atoms. The fourth-order valence-corrected chi connectivity index (χ4v) is 2.38. The Balaban J connectivity index is 1.90. The Hall–Kier alpha value is -1.16. The van der Waals surface area contributed by atoms with Gasteiger partial charge in [0.05, 0.1) is 0 Å². The number of hydrogen-bond donors (Lipinski definition) is 2. The van der Waals surface area contributed by atoms with Crippen molar-refractivity contribution in [2.24, 2.45) is 0 Å². The molecule has 1 aromatic carbocycles. The molecular weight excluding hydrogens is 232 g/mol. The summed E-state index contributed by atoms with van der Waals surface area (Å²) in [5.74, 6) is 0.179. The van der Waals surface area contributed by atoms with Gasteiger partial charge in [-0.2, -0.15) is 0 Å². The van der Waals surface area contributed by atoms with E-state index in [1.807, 2.05) is 29.2 Å². The van der Waals surface area contributed by atoms with Crippen LogP contribution in [0.1, 0.15) is 19.8 Å². The number of rotatable bonds is 2.